The zero-order valence-corrected chi connectivity index (χ0v) is 8.11. The highest BCUT2D eigenvalue weighted by Gasteiger charge is 2.08. The normalized spacial score (nSPS) is 13.2. The number of allylic oxidation sites excluding steroid dienone is 2. The van der Waals surface area contributed by atoms with Crippen LogP contribution in [0.5, 0.6) is 0 Å². The molecule has 0 saturated carbocycles. The summed E-state index contributed by atoms with van der Waals surface area (Å²) in [5.74, 6) is 0.139. The Morgan fingerprint density at radius 2 is 1.92 bits per heavy atom. The molecule has 0 radical (unpaired) electrons. The quantitative estimate of drug-likeness (QED) is 0.555. The summed E-state index contributed by atoms with van der Waals surface area (Å²) in [5.41, 5.74) is 1.26. The molecule has 12 heavy (non-hydrogen) atoms. The van der Waals surface area contributed by atoms with Crippen molar-refractivity contribution in [2.45, 2.75) is 46.5 Å². The molecule has 0 rings (SSSR count). The van der Waals surface area contributed by atoms with Gasteiger partial charge in [0, 0.05) is 6.42 Å². The van der Waals surface area contributed by atoms with E-state index in [1.54, 1.807) is 0 Å². The Kier molecular flexibility index (Phi) is 5.95. The van der Waals surface area contributed by atoms with Crippen LogP contribution >= 0.6 is 0 Å². The molecule has 0 aromatic heterocycles. The topological polar surface area (TPSA) is 0 Å². The first-order valence-corrected chi connectivity index (χ1v) is 4.44. The molecule has 1 unspecified atom stereocenters. The molecule has 0 aliphatic carbocycles. The average molecular weight is 176 g/mol. The van der Waals surface area contributed by atoms with Crippen molar-refractivity contribution in [1.29, 1.82) is 0 Å². The fraction of sp³-hybridized carbons (Fsp3) is 0.800. The van der Waals surface area contributed by atoms with E-state index in [9.17, 15) is 8.78 Å². The average Bonchev–Trinajstić information content (AvgIpc) is 1.84. The van der Waals surface area contributed by atoms with Gasteiger partial charge in [-0.2, -0.15) is 0 Å². The van der Waals surface area contributed by atoms with Crippen LogP contribution in [0, 0.1) is 5.92 Å². The molecule has 0 bridgehead atoms. The number of halogens is 2. The summed E-state index contributed by atoms with van der Waals surface area (Å²) in [6.45, 7) is 5.93. The number of hydrogen-bond donors (Lipinski definition) is 0. The van der Waals surface area contributed by atoms with E-state index in [2.05, 4.69) is 6.08 Å². The van der Waals surface area contributed by atoms with Crippen molar-refractivity contribution in [2.24, 2.45) is 5.92 Å². The summed E-state index contributed by atoms with van der Waals surface area (Å²) >= 11 is 0. The van der Waals surface area contributed by atoms with Crippen LogP contribution in [-0.2, 0) is 0 Å². The Bertz CT molecular complexity index is 135. The van der Waals surface area contributed by atoms with Crippen LogP contribution in [0.2, 0.25) is 0 Å². The van der Waals surface area contributed by atoms with Crippen LogP contribution in [0.4, 0.5) is 8.78 Å². The third-order valence-corrected chi connectivity index (χ3v) is 1.79. The van der Waals surface area contributed by atoms with E-state index in [4.69, 9.17) is 0 Å². The van der Waals surface area contributed by atoms with Crippen molar-refractivity contribution < 1.29 is 8.78 Å². The molecule has 0 aliphatic heterocycles. The largest absolute Gasteiger partial charge is 0.238 e. The van der Waals surface area contributed by atoms with Gasteiger partial charge in [0.25, 0.3) is 0 Å². The second kappa shape index (κ2) is 6.15. The Morgan fingerprint density at radius 3 is 2.33 bits per heavy atom. The molecule has 2 heteroatoms. The Labute approximate surface area is 73.7 Å². The lowest BCUT2D eigenvalue weighted by Gasteiger charge is -2.08. The predicted molar refractivity (Wildman–Crippen MR) is 48.5 cm³/mol. The van der Waals surface area contributed by atoms with Crippen LogP contribution in [0.1, 0.15) is 40.0 Å². The molecule has 0 aliphatic rings. The van der Waals surface area contributed by atoms with E-state index < -0.39 is 6.43 Å². The zero-order chi connectivity index (χ0) is 9.56. The van der Waals surface area contributed by atoms with E-state index in [0.717, 1.165) is 12.8 Å². The summed E-state index contributed by atoms with van der Waals surface area (Å²) in [6, 6.07) is 0. The van der Waals surface area contributed by atoms with Crippen molar-refractivity contribution in [3.05, 3.63) is 11.6 Å². The highest BCUT2D eigenvalue weighted by molar-refractivity contribution is 4.92. The fourth-order valence-electron chi connectivity index (χ4n) is 1.08. The summed E-state index contributed by atoms with van der Waals surface area (Å²) in [7, 11) is 0. The van der Waals surface area contributed by atoms with Crippen LogP contribution < -0.4 is 0 Å². The van der Waals surface area contributed by atoms with Gasteiger partial charge in [0.15, 0.2) is 0 Å². The first kappa shape index (κ1) is 11.6. The van der Waals surface area contributed by atoms with E-state index in [-0.39, 0.29) is 12.3 Å². The Morgan fingerprint density at radius 1 is 1.33 bits per heavy atom. The van der Waals surface area contributed by atoms with E-state index >= 15 is 0 Å². The van der Waals surface area contributed by atoms with E-state index in [1.807, 2.05) is 20.8 Å². The molecule has 1 atom stereocenters. The number of hydrogen-bond acceptors (Lipinski definition) is 0. The van der Waals surface area contributed by atoms with Crippen molar-refractivity contribution in [3.8, 4) is 0 Å². The zero-order valence-electron chi connectivity index (χ0n) is 8.11. The van der Waals surface area contributed by atoms with Gasteiger partial charge in [0.2, 0.25) is 6.43 Å². The first-order valence-electron chi connectivity index (χ1n) is 4.44. The maximum absolute atomic E-state index is 11.9. The standard InChI is InChI=1S/C10H18F2/c1-8(2)5-4-6-9(3)7-10(11)12/h5,9-10H,4,6-7H2,1-3H3. The van der Waals surface area contributed by atoms with Crippen LogP contribution in [-0.4, -0.2) is 6.43 Å². The first-order chi connectivity index (χ1) is 5.52. The van der Waals surface area contributed by atoms with Gasteiger partial charge >= 0.3 is 0 Å². The Balaban J connectivity index is 3.44. The second-order valence-electron chi connectivity index (χ2n) is 3.59. The molecule has 0 aromatic carbocycles. The number of rotatable bonds is 5. The third-order valence-electron chi connectivity index (χ3n) is 1.79. The summed E-state index contributed by atoms with van der Waals surface area (Å²) in [6.07, 6.45) is 1.79. The summed E-state index contributed by atoms with van der Waals surface area (Å²) < 4.78 is 23.7. The monoisotopic (exact) mass is 176 g/mol. The molecule has 0 spiro atoms. The molecular weight excluding hydrogens is 158 g/mol. The molecule has 0 fully saturated rings. The second-order valence-corrected chi connectivity index (χ2v) is 3.59. The lowest BCUT2D eigenvalue weighted by Crippen LogP contribution is -2.01. The third kappa shape index (κ3) is 7.70. The lowest BCUT2D eigenvalue weighted by atomic mass is 10.0. The molecule has 0 heterocycles. The van der Waals surface area contributed by atoms with Gasteiger partial charge in [-0.15, -0.1) is 0 Å². The van der Waals surface area contributed by atoms with Gasteiger partial charge in [-0.3, -0.25) is 0 Å². The summed E-state index contributed by atoms with van der Waals surface area (Å²) in [4.78, 5) is 0. The smallest absolute Gasteiger partial charge is 0.211 e. The number of alkyl halides is 2. The molecule has 72 valence electrons. The molecule has 0 N–H and O–H groups in total. The molecule has 0 saturated heterocycles. The molecule has 0 aromatic rings. The minimum absolute atomic E-state index is 0.0383. The highest BCUT2D eigenvalue weighted by atomic mass is 19.3. The van der Waals surface area contributed by atoms with Crippen molar-refractivity contribution in [2.75, 3.05) is 0 Å². The van der Waals surface area contributed by atoms with Gasteiger partial charge in [-0.1, -0.05) is 18.6 Å². The summed E-state index contributed by atoms with van der Waals surface area (Å²) in [5, 5.41) is 0. The van der Waals surface area contributed by atoms with Crippen LogP contribution in [0.15, 0.2) is 11.6 Å². The maximum Gasteiger partial charge on any atom is 0.238 e. The van der Waals surface area contributed by atoms with Crippen molar-refractivity contribution in [3.63, 3.8) is 0 Å². The minimum atomic E-state index is -2.15. The molecular formula is C10H18F2. The van der Waals surface area contributed by atoms with Gasteiger partial charge in [0.1, 0.15) is 0 Å². The molecule has 0 nitrogen and oxygen atoms in total. The SMILES string of the molecule is CC(C)=CCCC(C)CC(F)F. The van der Waals surface area contributed by atoms with Crippen LogP contribution in [0.25, 0.3) is 0 Å². The molecule has 0 amide bonds. The lowest BCUT2D eigenvalue weighted by molar-refractivity contribution is 0.116. The van der Waals surface area contributed by atoms with Gasteiger partial charge in [-0.25, -0.2) is 8.78 Å². The van der Waals surface area contributed by atoms with E-state index in [1.165, 1.54) is 5.57 Å². The predicted octanol–water partition coefficient (Wildman–Crippen LogP) is 4.02. The van der Waals surface area contributed by atoms with Crippen LogP contribution in [0.3, 0.4) is 0 Å². The maximum atomic E-state index is 11.9. The van der Waals surface area contributed by atoms with Gasteiger partial charge in [0.05, 0.1) is 0 Å². The fourth-order valence-corrected chi connectivity index (χ4v) is 1.08. The minimum Gasteiger partial charge on any atom is -0.211 e. The van der Waals surface area contributed by atoms with Crippen molar-refractivity contribution >= 4 is 0 Å². The highest BCUT2D eigenvalue weighted by Crippen LogP contribution is 2.16. The van der Waals surface area contributed by atoms with E-state index in [0.29, 0.717) is 0 Å². The van der Waals surface area contributed by atoms with Crippen molar-refractivity contribution in [1.82, 2.24) is 0 Å². The Hall–Kier alpha value is -0.400. The van der Waals surface area contributed by atoms with Gasteiger partial charge in [-0.05, 0) is 32.6 Å². The van der Waals surface area contributed by atoms with Gasteiger partial charge < -0.3 is 0 Å².